The van der Waals surface area contributed by atoms with E-state index in [0.29, 0.717) is 6.54 Å². The number of likely N-dealkylation sites (tertiary alicyclic amines) is 1. The highest BCUT2D eigenvalue weighted by molar-refractivity contribution is 5.84. The second-order valence-corrected chi connectivity index (χ2v) is 4.75. The molecule has 0 saturated carbocycles. The molecule has 1 aliphatic rings. The zero-order valence-corrected chi connectivity index (χ0v) is 11.4. The molecule has 7 nitrogen and oxygen atoms in total. The fourth-order valence-electron chi connectivity index (χ4n) is 2.06. The van der Waals surface area contributed by atoms with E-state index in [1.54, 1.807) is 13.8 Å². The average molecular weight is 272 g/mol. The van der Waals surface area contributed by atoms with Gasteiger partial charge < -0.3 is 20.1 Å². The smallest absolute Gasteiger partial charge is 0.328 e. The lowest BCUT2D eigenvalue weighted by molar-refractivity contribution is -0.145. The summed E-state index contributed by atoms with van der Waals surface area (Å²) in [6.45, 7) is 5.80. The molecule has 0 bridgehead atoms. The Bertz CT molecular complexity index is 371. The molecule has 0 spiro atoms. The number of nitrogens with one attached hydrogen (secondary N) is 1. The van der Waals surface area contributed by atoms with Gasteiger partial charge in [0.05, 0.1) is 12.5 Å². The van der Waals surface area contributed by atoms with Crippen molar-refractivity contribution in [2.24, 2.45) is 11.8 Å². The SMILES string of the molecule is CCOC(=O)C(C)NC(=O)N1CC(C)C(C(=O)O)C1. The first-order chi connectivity index (χ1) is 8.86. The number of carboxylic acid groups (broad SMARTS) is 1. The zero-order valence-electron chi connectivity index (χ0n) is 11.4. The molecular weight excluding hydrogens is 252 g/mol. The minimum absolute atomic E-state index is 0.0962. The van der Waals surface area contributed by atoms with Gasteiger partial charge in [0, 0.05) is 13.1 Å². The van der Waals surface area contributed by atoms with Gasteiger partial charge >= 0.3 is 18.0 Å². The molecule has 2 amide bonds. The van der Waals surface area contributed by atoms with Crippen molar-refractivity contribution in [3.63, 3.8) is 0 Å². The van der Waals surface area contributed by atoms with E-state index in [1.807, 2.05) is 0 Å². The summed E-state index contributed by atoms with van der Waals surface area (Å²) in [6, 6.07) is -1.18. The van der Waals surface area contributed by atoms with Crippen molar-refractivity contribution >= 4 is 18.0 Å². The molecule has 1 saturated heterocycles. The molecule has 0 aliphatic carbocycles. The molecule has 2 N–H and O–H groups in total. The number of rotatable bonds is 4. The fraction of sp³-hybridized carbons (Fsp3) is 0.750. The molecule has 0 radical (unpaired) electrons. The van der Waals surface area contributed by atoms with Crippen LogP contribution in [-0.4, -0.2) is 53.7 Å². The molecule has 0 aromatic rings. The molecule has 1 rings (SSSR count). The number of carbonyl (C=O) groups excluding carboxylic acids is 2. The summed E-state index contributed by atoms with van der Waals surface area (Å²) in [5, 5.41) is 11.5. The van der Waals surface area contributed by atoms with Gasteiger partial charge in [0.15, 0.2) is 0 Å². The summed E-state index contributed by atoms with van der Waals surface area (Å²) in [7, 11) is 0. The van der Waals surface area contributed by atoms with Crippen molar-refractivity contribution in [2.45, 2.75) is 26.8 Å². The fourth-order valence-corrected chi connectivity index (χ4v) is 2.06. The molecule has 7 heteroatoms. The normalized spacial score (nSPS) is 23.8. The minimum Gasteiger partial charge on any atom is -0.481 e. The maximum Gasteiger partial charge on any atom is 0.328 e. The lowest BCUT2D eigenvalue weighted by atomic mass is 9.99. The van der Waals surface area contributed by atoms with E-state index < -0.39 is 29.9 Å². The second kappa shape index (κ2) is 6.40. The van der Waals surface area contributed by atoms with Gasteiger partial charge in [-0.3, -0.25) is 4.79 Å². The zero-order chi connectivity index (χ0) is 14.6. The lowest BCUT2D eigenvalue weighted by Crippen LogP contribution is -2.46. The third-order valence-electron chi connectivity index (χ3n) is 3.20. The monoisotopic (exact) mass is 272 g/mol. The van der Waals surface area contributed by atoms with Gasteiger partial charge in [-0.05, 0) is 19.8 Å². The lowest BCUT2D eigenvalue weighted by Gasteiger charge is -2.19. The Kier molecular flexibility index (Phi) is 5.14. The maximum absolute atomic E-state index is 11.9. The summed E-state index contributed by atoms with van der Waals surface area (Å²) in [4.78, 5) is 35.7. The number of esters is 1. The summed E-state index contributed by atoms with van der Waals surface area (Å²) in [5.74, 6) is -2.05. The Morgan fingerprint density at radius 2 is 2.05 bits per heavy atom. The van der Waals surface area contributed by atoms with Gasteiger partial charge in [-0.15, -0.1) is 0 Å². The summed E-state index contributed by atoms with van der Waals surface area (Å²) in [5.41, 5.74) is 0. The predicted molar refractivity (Wildman–Crippen MR) is 66.5 cm³/mol. The van der Waals surface area contributed by atoms with Crippen LogP contribution in [0.4, 0.5) is 4.79 Å². The number of ether oxygens (including phenoxy) is 1. The summed E-state index contributed by atoms with van der Waals surface area (Å²) < 4.78 is 4.78. The number of aliphatic carboxylic acids is 1. The third kappa shape index (κ3) is 3.84. The predicted octanol–water partition coefficient (Wildman–Crippen LogP) is 0.300. The Balaban J connectivity index is 2.51. The number of carboxylic acids is 1. The Hall–Kier alpha value is -1.79. The number of amides is 2. The van der Waals surface area contributed by atoms with Crippen LogP contribution in [0.3, 0.4) is 0 Å². The molecule has 0 aromatic carbocycles. The molecule has 1 aliphatic heterocycles. The van der Waals surface area contributed by atoms with E-state index in [1.165, 1.54) is 11.8 Å². The van der Waals surface area contributed by atoms with Crippen LogP contribution in [0.25, 0.3) is 0 Å². The van der Waals surface area contributed by atoms with Crippen molar-refractivity contribution in [2.75, 3.05) is 19.7 Å². The van der Waals surface area contributed by atoms with E-state index in [9.17, 15) is 14.4 Å². The molecule has 108 valence electrons. The van der Waals surface area contributed by atoms with Crippen LogP contribution in [0.5, 0.6) is 0 Å². The summed E-state index contributed by atoms with van der Waals surface area (Å²) >= 11 is 0. The topological polar surface area (TPSA) is 95.9 Å². The maximum atomic E-state index is 11.9. The number of hydrogen-bond donors (Lipinski definition) is 2. The van der Waals surface area contributed by atoms with E-state index in [-0.39, 0.29) is 19.1 Å². The first-order valence-electron chi connectivity index (χ1n) is 6.31. The highest BCUT2D eigenvalue weighted by Crippen LogP contribution is 2.23. The van der Waals surface area contributed by atoms with Gasteiger partial charge in [0.2, 0.25) is 0 Å². The molecule has 1 fully saturated rings. The Labute approximate surface area is 111 Å². The van der Waals surface area contributed by atoms with Gasteiger partial charge in [-0.2, -0.15) is 0 Å². The number of carbonyl (C=O) groups is 3. The van der Waals surface area contributed by atoms with E-state index in [0.717, 1.165) is 0 Å². The Morgan fingerprint density at radius 1 is 1.42 bits per heavy atom. The van der Waals surface area contributed by atoms with Crippen LogP contribution in [0, 0.1) is 11.8 Å². The van der Waals surface area contributed by atoms with Crippen molar-refractivity contribution in [1.82, 2.24) is 10.2 Å². The molecular formula is C12H20N2O5. The van der Waals surface area contributed by atoms with Crippen LogP contribution in [-0.2, 0) is 14.3 Å². The van der Waals surface area contributed by atoms with Gasteiger partial charge in [0.1, 0.15) is 6.04 Å². The van der Waals surface area contributed by atoms with Crippen molar-refractivity contribution in [3.8, 4) is 0 Å². The van der Waals surface area contributed by atoms with Crippen molar-refractivity contribution in [3.05, 3.63) is 0 Å². The minimum atomic E-state index is -0.902. The first kappa shape index (κ1) is 15.3. The van der Waals surface area contributed by atoms with Gasteiger partial charge in [-0.25, -0.2) is 9.59 Å². The highest BCUT2D eigenvalue weighted by atomic mass is 16.5. The molecule has 19 heavy (non-hydrogen) atoms. The standard InChI is InChI=1S/C12H20N2O5/c1-4-19-11(17)8(3)13-12(18)14-5-7(2)9(6-14)10(15)16/h7-9H,4-6H2,1-3H3,(H,13,18)(H,15,16). The Morgan fingerprint density at radius 3 is 2.53 bits per heavy atom. The van der Waals surface area contributed by atoms with Crippen molar-refractivity contribution in [1.29, 1.82) is 0 Å². The van der Waals surface area contributed by atoms with E-state index in [2.05, 4.69) is 5.32 Å². The quantitative estimate of drug-likeness (QED) is 0.718. The van der Waals surface area contributed by atoms with Crippen LogP contribution in [0.2, 0.25) is 0 Å². The van der Waals surface area contributed by atoms with Crippen LogP contribution >= 0.6 is 0 Å². The van der Waals surface area contributed by atoms with Gasteiger partial charge in [-0.1, -0.05) is 6.92 Å². The third-order valence-corrected chi connectivity index (χ3v) is 3.20. The average Bonchev–Trinajstić information content (AvgIpc) is 2.71. The number of nitrogens with zero attached hydrogens (tertiary/aromatic N) is 1. The first-order valence-corrected chi connectivity index (χ1v) is 6.31. The van der Waals surface area contributed by atoms with Crippen LogP contribution in [0.15, 0.2) is 0 Å². The van der Waals surface area contributed by atoms with Crippen LogP contribution in [0.1, 0.15) is 20.8 Å². The largest absolute Gasteiger partial charge is 0.481 e. The molecule has 1 heterocycles. The summed E-state index contributed by atoms with van der Waals surface area (Å²) in [6.07, 6.45) is 0. The van der Waals surface area contributed by atoms with Gasteiger partial charge in [0.25, 0.3) is 0 Å². The van der Waals surface area contributed by atoms with E-state index >= 15 is 0 Å². The van der Waals surface area contributed by atoms with Crippen LogP contribution < -0.4 is 5.32 Å². The van der Waals surface area contributed by atoms with E-state index in [4.69, 9.17) is 9.84 Å². The number of urea groups is 1. The molecule has 3 atom stereocenters. The molecule has 3 unspecified atom stereocenters. The van der Waals surface area contributed by atoms with Crippen molar-refractivity contribution < 1.29 is 24.2 Å². The highest BCUT2D eigenvalue weighted by Gasteiger charge is 2.37. The second-order valence-electron chi connectivity index (χ2n) is 4.75. The number of hydrogen-bond acceptors (Lipinski definition) is 4. The molecule has 0 aromatic heterocycles.